The summed E-state index contributed by atoms with van der Waals surface area (Å²) in [7, 11) is 0. The number of hydrogen-bond donors (Lipinski definition) is 0. The Labute approximate surface area is 191 Å². The number of thioether (sulfide) groups is 1. The van der Waals surface area contributed by atoms with Gasteiger partial charge < -0.3 is 9.47 Å². The van der Waals surface area contributed by atoms with Gasteiger partial charge >= 0.3 is 5.97 Å². The zero-order valence-corrected chi connectivity index (χ0v) is 19.1. The fraction of sp³-hybridized carbons (Fsp3) is 0.190. The molecular weight excluding hydrogens is 494 g/mol. The monoisotopic (exact) mass is 509 g/mol. The van der Waals surface area contributed by atoms with Gasteiger partial charge in [-0.1, -0.05) is 29.8 Å². The van der Waals surface area contributed by atoms with Gasteiger partial charge in [0.25, 0.3) is 11.1 Å². The van der Waals surface area contributed by atoms with Crippen LogP contribution >= 0.6 is 39.3 Å². The van der Waals surface area contributed by atoms with Crippen molar-refractivity contribution >= 4 is 62.5 Å². The number of nitrogens with zero attached hydrogens (tertiary/aromatic N) is 1. The predicted octanol–water partition coefficient (Wildman–Crippen LogP) is 5.28. The highest BCUT2D eigenvalue weighted by Crippen LogP contribution is 2.34. The maximum Gasteiger partial charge on any atom is 0.344 e. The Hall–Kier alpha value is -2.29. The average molecular weight is 511 g/mol. The summed E-state index contributed by atoms with van der Waals surface area (Å²) in [5.41, 5.74) is 1.52. The fourth-order valence-corrected chi connectivity index (χ4v) is 4.10. The first kappa shape index (κ1) is 22.4. The molecule has 0 bridgehead atoms. The van der Waals surface area contributed by atoms with Gasteiger partial charge in [-0.2, -0.15) is 0 Å². The van der Waals surface area contributed by atoms with E-state index in [9.17, 15) is 14.4 Å². The van der Waals surface area contributed by atoms with Crippen LogP contribution in [0.3, 0.4) is 0 Å². The van der Waals surface area contributed by atoms with E-state index in [1.807, 2.05) is 0 Å². The first-order valence-corrected chi connectivity index (χ1v) is 10.9. The second kappa shape index (κ2) is 10.1. The zero-order valence-electron chi connectivity index (χ0n) is 15.9. The van der Waals surface area contributed by atoms with Crippen LogP contribution in [0.25, 0.3) is 6.08 Å². The van der Waals surface area contributed by atoms with Crippen molar-refractivity contribution in [1.82, 2.24) is 4.90 Å². The number of carbonyl (C=O) groups is 3. The number of esters is 1. The third-order valence-corrected chi connectivity index (χ3v) is 5.81. The molecule has 1 aliphatic rings. The molecule has 6 nitrogen and oxygen atoms in total. The number of ether oxygens (including phenoxy) is 2. The van der Waals surface area contributed by atoms with E-state index in [2.05, 4.69) is 15.9 Å². The molecule has 156 valence electrons. The normalized spacial score (nSPS) is 15.0. The summed E-state index contributed by atoms with van der Waals surface area (Å²) < 4.78 is 10.9. The Kier molecular flexibility index (Phi) is 7.58. The van der Waals surface area contributed by atoms with E-state index in [4.69, 9.17) is 21.1 Å². The summed E-state index contributed by atoms with van der Waals surface area (Å²) in [5, 5.41) is 0.266. The standard InChI is InChI=1S/C21H17BrClNO5S/c1-2-28-19(25)12-29-17-8-5-14(9-16(17)22)10-18-20(26)24(21(27)30-18)11-13-3-6-15(23)7-4-13/h3-10H,2,11-12H2,1H3/b18-10+. The van der Waals surface area contributed by atoms with Crippen LogP contribution in [-0.4, -0.2) is 35.2 Å². The lowest BCUT2D eigenvalue weighted by Gasteiger charge is -2.12. The predicted molar refractivity (Wildman–Crippen MR) is 119 cm³/mol. The number of benzene rings is 2. The van der Waals surface area contributed by atoms with E-state index in [1.165, 1.54) is 4.90 Å². The molecule has 1 saturated heterocycles. The molecule has 0 radical (unpaired) electrons. The summed E-state index contributed by atoms with van der Waals surface area (Å²) in [5.74, 6) is -0.336. The molecular formula is C21H17BrClNO5S. The highest BCUT2D eigenvalue weighted by Gasteiger charge is 2.35. The Morgan fingerprint density at radius 1 is 1.20 bits per heavy atom. The van der Waals surface area contributed by atoms with Crippen molar-refractivity contribution in [1.29, 1.82) is 0 Å². The molecule has 2 aromatic carbocycles. The molecule has 9 heteroatoms. The molecule has 0 unspecified atom stereocenters. The van der Waals surface area contributed by atoms with E-state index < -0.39 is 5.97 Å². The number of amides is 2. The Morgan fingerprint density at radius 2 is 1.93 bits per heavy atom. The Balaban J connectivity index is 1.69. The molecule has 0 atom stereocenters. The van der Waals surface area contributed by atoms with Crippen LogP contribution in [0.2, 0.25) is 5.02 Å². The molecule has 0 N–H and O–H groups in total. The second-order valence-corrected chi connectivity index (χ2v) is 8.46. The molecule has 30 heavy (non-hydrogen) atoms. The van der Waals surface area contributed by atoms with E-state index >= 15 is 0 Å². The van der Waals surface area contributed by atoms with Gasteiger partial charge in [0.2, 0.25) is 0 Å². The van der Waals surface area contributed by atoms with Crippen LogP contribution in [-0.2, 0) is 20.9 Å². The minimum absolute atomic E-state index is 0.184. The summed E-state index contributed by atoms with van der Waals surface area (Å²) in [6.45, 7) is 1.99. The largest absolute Gasteiger partial charge is 0.481 e. The van der Waals surface area contributed by atoms with Gasteiger partial charge in [0, 0.05) is 5.02 Å². The van der Waals surface area contributed by atoms with Gasteiger partial charge in [-0.25, -0.2) is 4.79 Å². The van der Waals surface area contributed by atoms with Crippen molar-refractivity contribution < 1.29 is 23.9 Å². The number of carbonyl (C=O) groups excluding carboxylic acids is 3. The lowest BCUT2D eigenvalue weighted by molar-refractivity contribution is -0.145. The topological polar surface area (TPSA) is 72.9 Å². The van der Waals surface area contributed by atoms with Crippen molar-refractivity contribution in [3.63, 3.8) is 0 Å². The highest BCUT2D eigenvalue weighted by atomic mass is 79.9. The van der Waals surface area contributed by atoms with Gasteiger partial charge in [0.15, 0.2) is 6.61 Å². The zero-order chi connectivity index (χ0) is 21.7. The van der Waals surface area contributed by atoms with Crippen molar-refractivity contribution in [3.8, 4) is 5.75 Å². The SMILES string of the molecule is CCOC(=O)COc1ccc(/C=C2/SC(=O)N(Cc3ccc(Cl)cc3)C2=O)cc1Br. The second-order valence-electron chi connectivity index (χ2n) is 6.18. The van der Waals surface area contributed by atoms with Crippen LogP contribution < -0.4 is 4.74 Å². The van der Waals surface area contributed by atoms with E-state index in [-0.39, 0.29) is 30.9 Å². The highest BCUT2D eigenvalue weighted by molar-refractivity contribution is 9.10. The summed E-state index contributed by atoms with van der Waals surface area (Å²) in [6, 6.07) is 12.1. The van der Waals surface area contributed by atoms with Crippen LogP contribution in [0.4, 0.5) is 4.79 Å². The minimum atomic E-state index is -0.456. The van der Waals surface area contributed by atoms with Crippen LogP contribution in [0.5, 0.6) is 5.75 Å². The number of halogens is 2. The number of rotatable bonds is 7. The van der Waals surface area contributed by atoms with E-state index in [1.54, 1.807) is 55.5 Å². The van der Waals surface area contributed by atoms with Crippen molar-refractivity contribution in [3.05, 3.63) is 68.0 Å². The van der Waals surface area contributed by atoms with E-state index in [0.717, 1.165) is 17.3 Å². The molecule has 2 amide bonds. The quantitative estimate of drug-likeness (QED) is 0.373. The maximum atomic E-state index is 12.7. The summed E-state index contributed by atoms with van der Waals surface area (Å²) in [4.78, 5) is 37.9. The van der Waals surface area contributed by atoms with Crippen LogP contribution in [0.15, 0.2) is 51.8 Å². The van der Waals surface area contributed by atoms with Crippen LogP contribution in [0.1, 0.15) is 18.1 Å². The number of imide groups is 1. The van der Waals surface area contributed by atoms with Gasteiger partial charge in [-0.15, -0.1) is 0 Å². The number of hydrogen-bond acceptors (Lipinski definition) is 6. The van der Waals surface area contributed by atoms with Gasteiger partial charge in [0.1, 0.15) is 5.75 Å². The average Bonchev–Trinajstić information content (AvgIpc) is 2.96. The fourth-order valence-electron chi connectivity index (χ4n) is 2.62. The first-order chi connectivity index (χ1) is 14.4. The third kappa shape index (κ3) is 5.65. The van der Waals surface area contributed by atoms with Crippen molar-refractivity contribution in [2.75, 3.05) is 13.2 Å². The molecule has 1 aliphatic heterocycles. The molecule has 1 fully saturated rings. The third-order valence-electron chi connectivity index (χ3n) is 4.03. The van der Waals surface area contributed by atoms with Crippen molar-refractivity contribution in [2.45, 2.75) is 13.5 Å². The lowest BCUT2D eigenvalue weighted by Crippen LogP contribution is -2.27. The van der Waals surface area contributed by atoms with Gasteiger partial charge in [0.05, 0.1) is 22.5 Å². The lowest BCUT2D eigenvalue weighted by atomic mass is 10.2. The minimum Gasteiger partial charge on any atom is -0.481 e. The Morgan fingerprint density at radius 3 is 2.60 bits per heavy atom. The smallest absolute Gasteiger partial charge is 0.344 e. The van der Waals surface area contributed by atoms with Gasteiger partial charge in [-0.05, 0) is 76.1 Å². The molecule has 0 aromatic heterocycles. The van der Waals surface area contributed by atoms with Crippen LogP contribution in [0, 0.1) is 0 Å². The summed E-state index contributed by atoms with van der Waals surface area (Å²) in [6.07, 6.45) is 1.65. The van der Waals surface area contributed by atoms with E-state index in [0.29, 0.717) is 25.7 Å². The molecule has 0 saturated carbocycles. The Bertz CT molecular complexity index is 1010. The summed E-state index contributed by atoms with van der Waals surface area (Å²) >= 11 is 10.2. The molecule has 1 heterocycles. The maximum absolute atomic E-state index is 12.7. The molecule has 0 spiro atoms. The first-order valence-electron chi connectivity index (χ1n) is 8.95. The molecule has 2 aromatic rings. The molecule has 3 rings (SSSR count). The molecule has 0 aliphatic carbocycles. The van der Waals surface area contributed by atoms with Crippen molar-refractivity contribution in [2.24, 2.45) is 0 Å². The van der Waals surface area contributed by atoms with Gasteiger partial charge in [-0.3, -0.25) is 14.5 Å².